The molecule has 3 heteroatoms. The van der Waals surface area contributed by atoms with Crippen LogP contribution in [0.5, 0.6) is 0 Å². The van der Waals surface area contributed by atoms with Gasteiger partial charge in [-0.05, 0) is 41.7 Å². The average Bonchev–Trinajstić information content (AvgIpc) is 2.88. The first-order valence-electron chi connectivity index (χ1n) is 5.67. The number of hydrogen-bond acceptors (Lipinski definition) is 2. The molecular formula is C13H17NOS. The van der Waals surface area contributed by atoms with Crippen molar-refractivity contribution in [1.82, 2.24) is 5.32 Å². The van der Waals surface area contributed by atoms with Crippen LogP contribution < -0.4 is 5.32 Å². The third kappa shape index (κ3) is 2.53. The third-order valence-electron chi connectivity index (χ3n) is 3.19. The predicted octanol–water partition coefficient (Wildman–Crippen LogP) is 2.86. The lowest BCUT2D eigenvalue weighted by Crippen LogP contribution is -2.31. The Morgan fingerprint density at radius 3 is 3.00 bits per heavy atom. The fourth-order valence-corrected chi connectivity index (χ4v) is 2.65. The number of nitrogens with one attached hydrogen (secondary N) is 1. The van der Waals surface area contributed by atoms with Crippen molar-refractivity contribution in [3.63, 3.8) is 0 Å². The van der Waals surface area contributed by atoms with E-state index in [4.69, 9.17) is 0 Å². The standard InChI is InChI=1S/C13H17NOS/c1-2-3-4-12(15)14-10-13(6-7-13)11-5-8-16-9-11/h2,5,8-9H,1,3-4,6-7,10H2,(H,14,15). The second-order valence-electron chi connectivity index (χ2n) is 4.40. The predicted molar refractivity (Wildman–Crippen MR) is 67.7 cm³/mol. The van der Waals surface area contributed by atoms with Crippen LogP contribution in [0.3, 0.4) is 0 Å². The van der Waals surface area contributed by atoms with E-state index in [1.165, 1.54) is 18.4 Å². The maximum Gasteiger partial charge on any atom is 0.220 e. The molecule has 1 fully saturated rings. The van der Waals surface area contributed by atoms with Crippen LogP contribution in [0.4, 0.5) is 0 Å². The Hall–Kier alpha value is -1.09. The highest BCUT2D eigenvalue weighted by atomic mass is 32.1. The van der Waals surface area contributed by atoms with Gasteiger partial charge in [-0.15, -0.1) is 6.58 Å². The van der Waals surface area contributed by atoms with E-state index in [0.29, 0.717) is 6.42 Å². The summed E-state index contributed by atoms with van der Waals surface area (Å²) in [5.41, 5.74) is 1.64. The van der Waals surface area contributed by atoms with Crippen LogP contribution in [0.25, 0.3) is 0 Å². The summed E-state index contributed by atoms with van der Waals surface area (Å²) in [5, 5.41) is 7.33. The molecule has 16 heavy (non-hydrogen) atoms. The first-order chi connectivity index (χ1) is 7.77. The summed E-state index contributed by atoms with van der Waals surface area (Å²) < 4.78 is 0. The molecule has 1 aromatic heterocycles. The molecule has 0 bridgehead atoms. The molecule has 1 saturated carbocycles. The summed E-state index contributed by atoms with van der Waals surface area (Å²) in [6, 6.07) is 2.17. The van der Waals surface area contributed by atoms with Crippen LogP contribution >= 0.6 is 11.3 Å². The molecule has 1 amide bonds. The maximum atomic E-state index is 11.5. The van der Waals surface area contributed by atoms with Crippen molar-refractivity contribution in [2.45, 2.75) is 31.1 Å². The highest BCUT2D eigenvalue weighted by Gasteiger charge is 2.44. The van der Waals surface area contributed by atoms with Crippen LogP contribution in [0.1, 0.15) is 31.2 Å². The lowest BCUT2D eigenvalue weighted by atomic mass is 9.99. The normalized spacial score (nSPS) is 16.8. The number of carbonyl (C=O) groups excluding carboxylic acids is 1. The maximum absolute atomic E-state index is 11.5. The van der Waals surface area contributed by atoms with Gasteiger partial charge in [0.25, 0.3) is 0 Å². The van der Waals surface area contributed by atoms with Gasteiger partial charge in [-0.2, -0.15) is 11.3 Å². The van der Waals surface area contributed by atoms with Gasteiger partial charge >= 0.3 is 0 Å². The highest BCUT2D eigenvalue weighted by Crippen LogP contribution is 2.48. The molecule has 0 saturated heterocycles. The van der Waals surface area contributed by atoms with Crippen molar-refractivity contribution in [3.05, 3.63) is 35.0 Å². The molecule has 1 aliphatic rings. The Bertz CT molecular complexity index is 365. The van der Waals surface area contributed by atoms with E-state index < -0.39 is 0 Å². The summed E-state index contributed by atoms with van der Waals surface area (Å²) in [7, 11) is 0. The van der Waals surface area contributed by atoms with Gasteiger partial charge in [-0.3, -0.25) is 4.79 Å². The second-order valence-corrected chi connectivity index (χ2v) is 5.18. The number of carbonyl (C=O) groups is 1. The zero-order valence-corrected chi connectivity index (χ0v) is 10.2. The Kier molecular flexibility index (Phi) is 3.44. The number of amides is 1. The monoisotopic (exact) mass is 235 g/mol. The van der Waals surface area contributed by atoms with Crippen molar-refractivity contribution in [3.8, 4) is 0 Å². The minimum atomic E-state index is 0.140. The molecule has 1 heterocycles. The number of hydrogen-bond donors (Lipinski definition) is 1. The molecule has 1 aliphatic carbocycles. The van der Waals surface area contributed by atoms with Gasteiger partial charge in [0.2, 0.25) is 5.91 Å². The molecule has 0 aliphatic heterocycles. The Morgan fingerprint density at radius 1 is 1.62 bits per heavy atom. The largest absolute Gasteiger partial charge is 0.355 e. The van der Waals surface area contributed by atoms with Crippen molar-refractivity contribution in [2.75, 3.05) is 6.54 Å². The Balaban J connectivity index is 1.82. The molecular weight excluding hydrogens is 218 g/mol. The Morgan fingerprint density at radius 2 is 2.44 bits per heavy atom. The topological polar surface area (TPSA) is 29.1 Å². The fraction of sp³-hybridized carbons (Fsp3) is 0.462. The summed E-state index contributed by atoms with van der Waals surface area (Å²) in [6.07, 6.45) is 5.50. The van der Waals surface area contributed by atoms with Gasteiger partial charge in [0.1, 0.15) is 0 Å². The van der Waals surface area contributed by atoms with Crippen LogP contribution in [0, 0.1) is 0 Å². The number of allylic oxidation sites excluding steroid dienone is 1. The van der Waals surface area contributed by atoms with E-state index >= 15 is 0 Å². The summed E-state index contributed by atoms with van der Waals surface area (Å²) in [5.74, 6) is 0.140. The zero-order chi connectivity index (χ0) is 11.4. The van der Waals surface area contributed by atoms with Gasteiger partial charge in [-0.1, -0.05) is 6.08 Å². The molecule has 0 atom stereocenters. The number of thiophene rings is 1. The first kappa shape index (κ1) is 11.4. The lowest BCUT2D eigenvalue weighted by molar-refractivity contribution is -0.121. The molecule has 2 nitrogen and oxygen atoms in total. The van der Waals surface area contributed by atoms with Crippen LogP contribution in [0.15, 0.2) is 29.5 Å². The van der Waals surface area contributed by atoms with Gasteiger partial charge in [0, 0.05) is 18.4 Å². The van der Waals surface area contributed by atoms with Crippen LogP contribution in [-0.2, 0) is 10.2 Å². The molecule has 2 rings (SSSR count). The van der Waals surface area contributed by atoms with Crippen molar-refractivity contribution < 1.29 is 4.79 Å². The molecule has 0 aromatic carbocycles. The van der Waals surface area contributed by atoms with E-state index in [0.717, 1.165) is 13.0 Å². The van der Waals surface area contributed by atoms with E-state index in [-0.39, 0.29) is 11.3 Å². The number of rotatable bonds is 6. The fourth-order valence-electron chi connectivity index (χ4n) is 1.87. The molecule has 0 radical (unpaired) electrons. The minimum Gasteiger partial charge on any atom is -0.355 e. The van der Waals surface area contributed by atoms with Crippen molar-refractivity contribution >= 4 is 17.2 Å². The molecule has 0 spiro atoms. The van der Waals surface area contributed by atoms with E-state index in [2.05, 4.69) is 28.7 Å². The van der Waals surface area contributed by atoms with Gasteiger partial charge in [-0.25, -0.2) is 0 Å². The van der Waals surface area contributed by atoms with E-state index in [1.54, 1.807) is 17.4 Å². The van der Waals surface area contributed by atoms with E-state index in [1.807, 2.05) is 0 Å². The Labute approximate surface area is 100 Å². The molecule has 1 aromatic rings. The quantitative estimate of drug-likeness (QED) is 0.755. The molecule has 86 valence electrons. The smallest absolute Gasteiger partial charge is 0.220 e. The molecule has 1 N–H and O–H groups in total. The summed E-state index contributed by atoms with van der Waals surface area (Å²) in [4.78, 5) is 11.5. The highest BCUT2D eigenvalue weighted by molar-refractivity contribution is 7.08. The zero-order valence-electron chi connectivity index (χ0n) is 9.37. The third-order valence-corrected chi connectivity index (χ3v) is 3.87. The second kappa shape index (κ2) is 4.83. The minimum absolute atomic E-state index is 0.140. The summed E-state index contributed by atoms with van der Waals surface area (Å²) in [6.45, 7) is 4.41. The van der Waals surface area contributed by atoms with Crippen LogP contribution in [-0.4, -0.2) is 12.5 Å². The van der Waals surface area contributed by atoms with Gasteiger partial charge < -0.3 is 5.32 Å². The van der Waals surface area contributed by atoms with Crippen LogP contribution in [0.2, 0.25) is 0 Å². The van der Waals surface area contributed by atoms with Gasteiger partial charge in [0.15, 0.2) is 0 Å². The first-order valence-corrected chi connectivity index (χ1v) is 6.61. The van der Waals surface area contributed by atoms with E-state index in [9.17, 15) is 4.79 Å². The SMILES string of the molecule is C=CCCC(=O)NCC1(c2ccsc2)CC1. The molecule has 0 unspecified atom stereocenters. The van der Waals surface area contributed by atoms with Gasteiger partial charge in [0.05, 0.1) is 0 Å². The van der Waals surface area contributed by atoms with Crippen molar-refractivity contribution in [1.29, 1.82) is 0 Å². The average molecular weight is 235 g/mol. The van der Waals surface area contributed by atoms with Crippen molar-refractivity contribution in [2.24, 2.45) is 0 Å². The summed E-state index contributed by atoms with van der Waals surface area (Å²) >= 11 is 1.73. The lowest BCUT2D eigenvalue weighted by Gasteiger charge is -2.14.